The second kappa shape index (κ2) is 6.96. The quantitative estimate of drug-likeness (QED) is 0.906. The topological polar surface area (TPSA) is 58.1 Å². The third-order valence-corrected chi connectivity index (χ3v) is 4.67. The Bertz CT molecular complexity index is 800. The fraction of sp³-hybridized carbons (Fsp3) is 0.389. The normalized spacial score (nSPS) is 20.4. The van der Waals surface area contributed by atoms with Gasteiger partial charge in [-0.15, -0.1) is 0 Å². The summed E-state index contributed by atoms with van der Waals surface area (Å²) in [5.41, 5.74) is -0.114. The molecule has 2 aromatic heterocycles. The number of carbonyl (C=O) groups is 1. The number of likely N-dealkylation sites (tertiary alicyclic amines) is 1. The first-order valence-corrected chi connectivity index (χ1v) is 8.55. The number of halogens is 2. The van der Waals surface area contributed by atoms with Crippen molar-refractivity contribution in [3.8, 4) is 0 Å². The molecule has 132 valence electrons. The van der Waals surface area contributed by atoms with Crippen LogP contribution in [0.25, 0.3) is 0 Å². The third-order valence-electron chi connectivity index (χ3n) is 4.46. The van der Waals surface area contributed by atoms with Crippen molar-refractivity contribution >= 4 is 23.3 Å². The number of hydrogen-bond donors (Lipinski definition) is 1. The molecule has 7 heteroatoms. The number of carbonyl (C=O) groups excluding carboxylic acids is 1. The maximum atomic E-state index is 15.6. The zero-order valence-electron chi connectivity index (χ0n) is 14.2. The Hall–Kier alpha value is -2.21. The van der Waals surface area contributed by atoms with Crippen molar-refractivity contribution in [2.45, 2.75) is 25.4 Å². The molecule has 0 spiro atoms. The van der Waals surface area contributed by atoms with Gasteiger partial charge >= 0.3 is 0 Å². The van der Waals surface area contributed by atoms with Gasteiger partial charge in [0, 0.05) is 31.5 Å². The first-order chi connectivity index (χ1) is 11.9. The van der Waals surface area contributed by atoms with E-state index in [2.05, 4.69) is 15.3 Å². The number of aryl methyl sites for hydroxylation is 1. The molecule has 0 aromatic carbocycles. The fourth-order valence-corrected chi connectivity index (χ4v) is 3.48. The number of aromatic nitrogens is 2. The molecular weight excluding hydrogens is 343 g/mol. The van der Waals surface area contributed by atoms with Crippen molar-refractivity contribution in [3.05, 3.63) is 52.4 Å². The summed E-state index contributed by atoms with van der Waals surface area (Å²) in [4.78, 5) is 22.6. The number of pyridine rings is 2. The summed E-state index contributed by atoms with van der Waals surface area (Å²) in [7, 11) is 1.74. The van der Waals surface area contributed by atoms with Crippen molar-refractivity contribution < 1.29 is 9.18 Å². The average molecular weight is 363 g/mol. The van der Waals surface area contributed by atoms with Gasteiger partial charge in [0.2, 0.25) is 0 Å². The SMILES string of the molecule is CNc1cc(C(=O)N2CCCC(F)(c3ncc(Cl)cc3C)C2)ccn1. The summed E-state index contributed by atoms with van der Waals surface area (Å²) in [5, 5.41) is 3.38. The van der Waals surface area contributed by atoms with Crippen LogP contribution < -0.4 is 5.32 Å². The molecule has 1 aliphatic heterocycles. The highest BCUT2D eigenvalue weighted by Gasteiger charge is 2.41. The molecule has 1 fully saturated rings. The van der Waals surface area contributed by atoms with E-state index < -0.39 is 5.67 Å². The average Bonchev–Trinajstić information content (AvgIpc) is 2.61. The lowest BCUT2D eigenvalue weighted by atomic mass is 9.88. The molecule has 1 N–H and O–H groups in total. The molecule has 25 heavy (non-hydrogen) atoms. The molecular formula is C18H20ClFN4O. The summed E-state index contributed by atoms with van der Waals surface area (Å²) in [5.74, 6) is 0.400. The van der Waals surface area contributed by atoms with Gasteiger partial charge in [-0.2, -0.15) is 0 Å². The van der Waals surface area contributed by atoms with E-state index in [-0.39, 0.29) is 12.5 Å². The molecule has 1 atom stereocenters. The Balaban J connectivity index is 1.86. The zero-order chi connectivity index (χ0) is 18.0. The summed E-state index contributed by atoms with van der Waals surface area (Å²) in [6.07, 6.45) is 3.94. The number of rotatable bonds is 3. The van der Waals surface area contributed by atoms with Crippen LogP contribution in [0.2, 0.25) is 5.02 Å². The van der Waals surface area contributed by atoms with Crippen molar-refractivity contribution in [2.75, 3.05) is 25.5 Å². The molecule has 1 aliphatic rings. The highest BCUT2D eigenvalue weighted by molar-refractivity contribution is 6.30. The molecule has 0 bridgehead atoms. The Morgan fingerprint density at radius 1 is 1.40 bits per heavy atom. The van der Waals surface area contributed by atoms with Crippen LogP contribution in [0.3, 0.4) is 0 Å². The molecule has 3 rings (SSSR count). The largest absolute Gasteiger partial charge is 0.373 e. The smallest absolute Gasteiger partial charge is 0.254 e. The van der Waals surface area contributed by atoms with Gasteiger partial charge in [-0.25, -0.2) is 9.37 Å². The maximum absolute atomic E-state index is 15.6. The van der Waals surface area contributed by atoms with E-state index in [1.165, 1.54) is 6.20 Å². The van der Waals surface area contributed by atoms with E-state index in [0.29, 0.717) is 47.0 Å². The summed E-state index contributed by atoms with van der Waals surface area (Å²) in [6, 6.07) is 5.01. The lowest BCUT2D eigenvalue weighted by molar-refractivity contribution is 0.0301. The number of nitrogens with zero attached hydrogens (tertiary/aromatic N) is 3. The standard InChI is InChI=1S/C18H20ClFN4O/c1-12-8-14(19)10-23-16(12)18(20)5-3-7-24(11-18)17(25)13-4-6-22-15(9-13)21-2/h4,6,8-10H,3,5,7,11H2,1-2H3,(H,21,22). The van der Waals surface area contributed by atoms with Crippen LogP contribution in [-0.2, 0) is 5.67 Å². The second-order valence-corrected chi connectivity index (χ2v) is 6.73. The van der Waals surface area contributed by atoms with Crippen LogP contribution >= 0.6 is 11.6 Å². The number of nitrogens with one attached hydrogen (secondary N) is 1. The Morgan fingerprint density at radius 3 is 2.92 bits per heavy atom. The third kappa shape index (κ3) is 3.58. The molecule has 0 aliphatic carbocycles. The van der Waals surface area contributed by atoms with Gasteiger partial charge in [0.25, 0.3) is 5.91 Å². The van der Waals surface area contributed by atoms with Crippen LogP contribution in [0, 0.1) is 6.92 Å². The molecule has 0 saturated carbocycles. The predicted octanol–water partition coefficient (Wildman–Crippen LogP) is 3.58. The Kier molecular flexibility index (Phi) is 4.90. The lowest BCUT2D eigenvalue weighted by Gasteiger charge is -2.37. The predicted molar refractivity (Wildman–Crippen MR) is 95.7 cm³/mol. The van der Waals surface area contributed by atoms with E-state index in [4.69, 9.17) is 11.6 Å². The number of hydrogen-bond acceptors (Lipinski definition) is 4. The monoisotopic (exact) mass is 362 g/mol. The first kappa shape index (κ1) is 17.6. The van der Waals surface area contributed by atoms with E-state index in [9.17, 15) is 4.79 Å². The van der Waals surface area contributed by atoms with Gasteiger partial charge in [0.1, 0.15) is 5.82 Å². The summed E-state index contributed by atoms with van der Waals surface area (Å²) in [6.45, 7) is 2.30. The molecule has 2 aromatic rings. The molecule has 0 radical (unpaired) electrons. The number of alkyl halides is 1. The number of amides is 1. The second-order valence-electron chi connectivity index (χ2n) is 6.29. The van der Waals surface area contributed by atoms with E-state index in [1.807, 2.05) is 0 Å². The van der Waals surface area contributed by atoms with Gasteiger partial charge < -0.3 is 10.2 Å². The molecule has 1 amide bonds. The van der Waals surface area contributed by atoms with Crippen molar-refractivity contribution in [2.24, 2.45) is 0 Å². The lowest BCUT2D eigenvalue weighted by Crippen LogP contribution is -2.47. The highest BCUT2D eigenvalue weighted by Crippen LogP contribution is 2.37. The molecule has 1 unspecified atom stereocenters. The Morgan fingerprint density at radius 2 is 2.20 bits per heavy atom. The van der Waals surface area contributed by atoms with Crippen molar-refractivity contribution in [3.63, 3.8) is 0 Å². The minimum Gasteiger partial charge on any atom is -0.373 e. The Labute approximate surface area is 151 Å². The fourth-order valence-electron chi connectivity index (χ4n) is 3.27. The van der Waals surface area contributed by atoms with Crippen molar-refractivity contribution in [1.82, 2.24) is 14.9 Å². The summed E-state index contributed by atoms with van der Waals surface area (Å²) >= 11 is 5.93. The zero-order valence-corrected chi connectivity index (χ0v) is 15.0. The van der Waals surface area contributed by atoms with E-state index in [1.54, 1.807) is 43.3 Å². The highest BCUT2D eigenvalue weighted by atomic mass is 35.5. The van der Waals surface area contributed by atoms with Crippen LogP contribution in [0.15, 0.2) is 30.6 Å². The van der Waals surface area contributed by atoms with Crippen molar-refractivity contribution in [1.29, 1.82) is 0 Å². The van der Waals surface area contributed by atoms with E-state index in [0.717, 1.165) is 0 Å². The van der Waals surface area contributed by atoms with Gasteiger partial charge in [-0.05, 0) is 43.5 Å². The summed E-state index contributed by atoms with van der Waals surface area (Å²) < 4.78 is 15.6. The van der Waals surface area contributed by atoms with Gasteiger partial charge in [0.05, 0.1) is 17.3 Å². The van der Waals surface area contributed by atoms with Gasteiger partial charge in [-0.1, -0.05) is 11.6 Å². The molecule has 1 saturated heterocycles. The molecule has 3 heterocycles. The van der Waals surface area contributed by atoms with E-state index >= 15 is 4.39 Å². The van der Waals surface area contributed by atoms with Gasteiger partial charge in [-0.3, -0.25) is 9.78 Å². The minimum atomic E-state index is -1.67. The van der Waals surface area contributed by atoms with Gasteiger partial charge in [0.15, 0.2) is 5.67 Å². The maximum Gasteiger partial charge on any atom is 0.254 e. The number of anilines is 1. The number of piperidine rings is 1. The first-order valence-electron chi connectivity index (χ1n) is 8.17. The van der Waals surface area contributed by atoms with Crippen LogP contribution in [0.4, 0.5) is 10.2 Å². The van der Waals surface area contributed by atoms with Crippen LogP contribution in [0.5, 0.6) is 0 Å². The van der Waals surface area contributed by atoms with Crippen LogP contribution in [0.1, 0.15) is 34.5 Å². The minimum absolute atomic E-state index is 0.0154. The van der Waals surface area contributed by atoms with Crippen LogP contribution in [-0.4, -0.2) is 40.9 Å². The molecule has 5 nitrogen and oxygen atoms in total.